The molecule has 0 atom stereocenters. The smallest absolute Gasteiger partial charge is 0.144 e. The van der Waals surface area contributed by atoms with E-state index in [0.717, 1.165) is 17.1 Å². The summed E-state index contributed by atoms with van der Waals surface area (Å²) in [6, 6.07) is 4.33. The van der Waals surface area contributed by atoms with E-state index in [1.807, 2.05) is 13.8 Å². The summed E-state index contributed by atoms with van der Waals surface area (Å²) in [5.74, 6) is 1.48. The number of nitrogens with zero attached hydrogens (tertiary/aromatic N) is 4. The maximum atomic E-state index is 9.35. The van der Waals surface area contributed by atoms with Crippen LogP contribution in [0.25, 0.3) is 0 Å². The van der Waals surface area contributed by atoms with E-state index in [2.05, 4.69) is 52.9 Å². The Bertz CT molecular complexity index is 823. The van der Waals surface area contributed by atoms with Crippen LogP contribution in [0.4, 0.5) is 11.5 Å². The van der Waals surface area contributed by atoms with Crippen LogP contribution in [0.1, 0.15) is 47.1 Å². The lowest BCUT2D eigenvalue weighted by Crippen LogP contribution is -2.31. The van der Waals surface area contributed by atoms with Crippen molar-refractivity contribution in [1.29, 1.82) is 0 Å². The molecular formula is C19H24N4O2. The van der Waals surface area contributed by atoms with E-state index >= 15 is 0 Å². The highest BCUT2D eigenvalue weighted by molar-refractivity contribution is 6.00. The topological polar surface area (TPSA) is 70.8 Å². The predicted molar refractivity (Wildman–Crippen MR) is 97.8 cm³/mol. The summed E-state index contributed by atoms with van der Waals surface area (Å²) in [4.78, 5) is 11.3. The van der Waals surface area contributed by atoms with Gasteiger partial charge in [-0.3, -0.25) is 0 Å². The van der Waals surface area contributed by atoms with E-state index in [-0.39, 0.29) is 0 Å². The van der Waals surface area contributed by atoms with Crippen LogP contribution in [0.15, 0.2) is 17.3 Å². The third-order valence-electron chi connectivity index (χ3n) is 4.45. The molecule has 3 rings (SSSR count). The van der Waals surface area contributed by atoms with Crippen LogP contribution in [0.2, 0.25) is 0 Å². The van der Waals surface area contributed by atoms with E-state index in [0.29, 0.717) is 37.0 Å². The molecule has 2 aromatic rings. The molecule has 1 N–H and O–H groups in total. The molecule has 0 saturated heterocycles. The summed E-state index contributed by atoms with van der Waals surface area (Å²) in [6.45, 7) is 10.9. The minimum atomic E-state index is 0.407. The van der Waals surface area contributed by atoms with Gasteiger partial charge in [0.05, 0.1) is 18.0 Å². The fourth-order valence-corrected chi connectivity index (χ4v) is 3.53. The van der Waals surface area contributed by atoms with E-state index in [9.17, 15) is 5.21 Å². The molecule has 0 spiro atoms. The lowest BCUT2D eigenvalue weighted by molar-refractivity contribution is 0.115. The first-order valence-corrected chi connectivity index (χ1v) is 8.48. The molecule has 0 amide bonds. The van der Waals surface area contributed by atoms with Crippen molar-refractivity contribution in [1.82, 2.24) is 9.97 Å². The molecule has 0 unspecified atom stereocenters. The van der Waals surface area contributed by atoms with E-state index in [4.69, 9.17) is 4.74 Å². The van der Waals surface area contributed by atoms with Gasteiger partial charge in [-0.1, -0.05) is 29.8 Å². The van der Waals surface area contributed by atoms with Crippen LogP contribution in [0.3, 0.4) is 0 Å². The van der Waals surface area contributed by atoms with E-state index in [1.165, 1.54) is 16.7 Å². The monoisotopic (exact) mass is 340 g/mol. The van der Waals surface area contributed by atoms with Crippen molar-refractivity contribution in [3.05, 3.63) is 45.9 Å². The number of hydrogen-bond acceptors (Lipinski definition) is 6. The van der Waals surface area contributed by atoms with Gasteiger partial charge < -0.3 is 14.8 Å². The molecule has 1 aromatic heterocycles. The lowest BCUT2D eigenvalue weighted by atomic mass is 10.0. The third kappa shape index (κ3) is 3.09. The number of aryl methyl sites for hydroxylation is 4. The molecule has 0 fully saturated rings. The average Bonchev–Trinajstić information content (AvgIpc) is 2.55. The maximum absolute atomic E-state index is 9.35. The third-order valence-corrected chi connectivity index (χ3v) is 4.45. The fraction of sp³-hybridized carbons (Fsp3) is 0.421. The number of hydrogen-bond donors (Lipinski definition) is 1. The van der Waals surface area contributed by atoms with Crippen molar-refractivity contribution in [2.75, 3.05) is 11.6 Å². The van der Waals surface area contributed by atoms with Gasteiger partial charge in [-0.25, -0.2) is 9.97 Å². The Hall–Kier alpha value is -2.47. The second kappa shape index (κ2) is 6.80. The van der Waals surface area contributed by atoms with Crippen molar-refractivity contribution in [2.45, 2.75) is 47.6 Å². The highest BCUT2D eigenvalue weighted by Gasteiger charge is 2.27. The average molecular weight is 340 g/mol. The summed E-state index contributed by atoms with van der Waals surface area (Å²) < 4.78 is 5.83. The number of anilines is 2. The molecule has 6 heteroatoms. The second-order valence-electron chi connectivity index (χ2n) is 6.47. The molecular weight excluding hydrogens is 316 g/mol. The van der Waals surface area contributed by atoms with Gasteiger partial charge in [0.25, 0.3) is 0 Å². The van der Waals surface area contributed by atoms with Crippen molar-refractivity contribution in [3.63, 3.8) is 0 Å². The van der Waals surface area contributed by atoms with Crippen molar-refractivity contribution in [3.8, 4) is 0 Å². The Balaban J connectivity index is 2.22. The van der Waals surface area contributed by atoms with Crippen molar-refractivity contribution < 1.29 is 9.94 Å². The zero-order chi connectivity index (χ0) is 18.1. The molecule has 0 aliphatic carbocycles. The van der Waals surface area contributed by atoms with Crippen LogP contribution < -0.4 is 4.90 Å². The predicted octanol–water partition coefficient (Wildman–Crippen LogP) is 3.92. The summed E-state index contributed by atoms with van der Waals surface area (Å²) in [7, 11) is 0. The lowest BCUT2D eigenvalue weighted by Gasteiger charge is -2.33. The summed E-state index contributed by atoms with van der Waals surface area (Å²) in [5, 5.41) is 12.8. The number of fused-ring (bicyclic) bond motifs is 1. The first-order chi connectivity index (χ1) is 12.0. The van der Waals surface area contributed by atoms with Gasteiger partial charge in [0.15, 0.2) is 0 Å². The number of oxime groups is 1. The van der Waals surface area contributed by atoms with Crippen LogP contribution >= 0.6 is 0 Å². The highest BCUT2D eigenvalue weighted by atomic mass is 16.5. The Labute approximate surface area is 148 Å². The Morgan fingerprint density at radius 1 is 1.20 bits per heavy atom. The molecule has 0 bridgehead atoms. The first kappa shape index (κ1) is 17.4. The minimum Gasteiger partial charge on any atom is -0.411 e. The van der Waals surface area contributed by atoms with Gasteiger partial charge in [-0.05, 0) is 45.2 Å². The number of aromatic nitrogens is 2. The van der Waals surface area contributed by atoms with E-state index in [1.54, 1.807) is 0 Å². The second-order valence-corrected chi connectivity index (χ2v) is 6.47. The zero-order valence-corrected chi connectivity index (χ0v) is 15.4. The highest BCUT2D eigenvalue weighted by Crippen LogP contribution is 2.37. The summed E-state index contributed by atoms with van der Waals surface area (Å²) >= 11 is 0. The normalized spacial score (nSPS) is 14.6. The van der Waals surface area contributed by atoms with Crippen LogP contribution in [0.5, 0.6) is 0 Å². The summed E-state index contributed by atoms with van der Waals surface area (Å²) in [5.41, 5.74) is 6.78. The molecule has 1 aromatic carbocycles. The van der Waals surface area contributed by atoms with Gasteiger partial charge >= 0.3 is 0 Å². The van der Waals surface area contributed by atoms with Gasteiger partial charge in [-0.15, -0.1) is 0 Å². The maximum Gasteiger partial charge on any atom is 0.144 e. The molecule has 25 heavy (non-hydrogen) atoms. The summed E-state index contributed by atoms with van der Waals surface area (Å²) in [6.07, 6.45) is 0.585. The molecule has 1 aliphatic heterocycles. The first-order valence-electron chi connectivity index (χ1n) is 8.48. The number of ether oxygens (including phenoxy) is 1. The minimum absolute atomic E-state index is 0.407. The van der Waals surface area contributed by atoms with Gasteiger partial charge in [0, 0.05) is 5.56 Å². The molecule has 0 radical (unpaired) electrons. The van der Waals surface area contributed by atoms with Gasteiger partial charge in [0.1, 0.15) is 24.1 Å². The number of rotatable bonds is 3. The van der Waals surface area contributed by atoms with Crippen molar-refractivity contribution >= 4 is 17.2 Å². The number of benzene rings is 1. The SMILES string of the molecule is CC/C(=N\O)c1nc(C)nc2c1COCN2c1c(C)cc(C)cc1C. The molecule has 132 valence electrons. The molecule has 2 heterocycles. The zero-order valence-electron chi connectivity index (χ0n) is 15.4. The van der Waals surface area contributed by atoms with Crippen molar-refractivity contribution in [2.24, 2.45) is 5.16 Å². The molecule has 6 nitrogen and oxygen atoms in total. The van der Waals surface area contributed by atoms with Gasteiger partial charge in [0.2, 0.25) is 0 Å². The Morgan fingerprint density at radius 2 is 1.88 bits per heavy atom. The molecule has 1 aliphatic rings. The largest absolute Gasteiger partial charge is 0.411 e. The van der Waals surface area contributed by atoms with Crippen LogP contribution in [0, 0.1) is 27.7 Å². The quantitative estimate of drug-likeness (QED) is 0.521. The molecule has 0 saturated carbocycles. The van der Waals surface area contributed by atoms with Crippen LogP contribution in [-0.4, -0.2) is 27.6 Å². The fourth-order valence-electron chi connectivity index (χ4n) is 3.53. The van der Waals surface area contributed by atoms with Gasteiger partial charge in [-0.2, -0.15) is 0 Å². The van der Waals surface area contributed by atoms with E-state index < -0.39 is 0 Å². The standard InChI is InChI=1S/C19H24N4O2/c1-6-16(22-24)17-15-9-25-10-23(19(15)21-14(5)20-17)18-12(3)7-11(2)8-13(18)4/h7-8,24H,6,9-10H2,1-5H3/b22-16+. The Morgan fingerprint density at radius 3 is 2.48 bits per heavy atom. The Kier molecular flexibility index (Phi) is 4.72. The van der Waals surface area contributed by atoms with Crippen LogP contribution in [-0.2, 0) is 11.3 Å².